The van der Waals surface area contributed by atoms with Crippen LogP contribution >= 0.6 is 0 Å². The number of carbonyl (C=O) groups excluding carboxylic acids is 1. The van der Waals surface area contributed by atoms with E-state index in [0.29, 0.717) is 24.3 Å². The molecule has 27 heavy (non-hydrogen) atoms. The minimum Gasteiger partial charge on any atom is -0.484 e. The van der Waals surface area contributed by atoms with Crippen LogP contribution in [0.5, 0.6) is 11.6 Å². The van der Waals surface area contributed by atoms with Gasteiger partial charge in [0.25, 0.3) is 5.88 Å². The molecule has 4 heterocycles. The van der Waals surface area contributed by atoms with E-state index < -0.39 is 0 Å². The maximum absolute atomic E-state index is 11.4. The van der Waals surface area contributed by atoms with Crippen molar-refractivity contribution in [3.05, 3.63) is 53.7 Å². The lowest BCUT2D eigenvalue weighted by molar-refractivity contribution is 0.0850. The predicted molar refractivity (Wildman–Crippen MR) is 98.4 cm³/mol. The minimum atomic E-state index is -0.294. The van der Waals surface area contributed by atoms with Crippen LogP contribution in [0.4, 0.5) is 4.79 Å². The van der Waals surface area contributed by atoms with E-state index >= 15 is 0 Å². The average Bonchev–Trinajstić information content (AvgIpc) is 3.29. The molecule has 2 amide bonds. The number of nitrogens with zero attached hydrogens (tertiary/aromatic N) is 3. The monoisotopic (exact) mass is 366 g/mol. The van der Waals surface area contributed by atoms with E-state index in [-0.39, 0.29) is 18.2 Å². The van der Waals surface area contributed by atoms with Crippen molar-refractivity contribution in [2.45, 2.75) is 31.2 Å². The molecule has 1 unspecified atom stereocenters. The third kappa shape index (κ3) is 2.98. The summed E-state index contributed by atoms with van der Waals surface area (Å²) in [4.78, 5) is 19.9. The van der Waals surface area contributed by atoms with Gasteiger partial charge in [0.1, 0.15) is 6.61 Å². The molecule has 140 valence electrons. The molecule has 0 aliphatic carbocycles. The number of aromatic nitrogens is 1. The predicted octanol–water partition coefficient (Wildman–Crippen LogP) is 1.93. The summed E-state index contributed by atoms with van der Waals surface area (Å²) in [7, 11) is 0. The Balaban J connectivity index is 1.23. The maximum Gasteiger partial charge on any atom is 0.315 e. The number of benzene rings is 1. The van der Waals surface area contributed by atoms with Crippen LogP contribution in [0.25, 0.3) is 0 Å². The molecule has 5 rings (SSSR count). The van der Waals surface area contributed by atoms with Crippen molar-refractivity contribution in [2.24, 2.45) is 5.73 Å². The summed E-state index contributed by atoms with van der Waals surface area (Å²) in [6.45, 7) is 3.02. The average molecular weight is 366 g/mol. The number of fused-ring (bicyclic) bond motifs is 3. The fourth-order valence-corrected chi connectivity index (χ4v) is 4.36. The molecular weight excluding hydrogens is 344 g/mol. The molecule has 2 N–H and O–H groups in total. The van der Waals surface area contributed by atoms with E-state index in [1.54, 1.807) is 11.1 Å². The number of hydrogen-bond acceptors (Lipinski definition) is 5. The van der Waals surface area contributed by atoms with Crippen LogP contribution in [0.15, 0.2) is 42.6 Å². The van der Waals surface area contributed by atoms with Crippen molar-refractivity contribution in [2.75, 3.05) is 19.7 Å². The van der Waals surface area contributed by atoms with Crippen molar-refractivity contribution >= 4 is 6.03 Å². The Morgan fingerprint density at radius 1 is 1.19 bits per heavy atom. The van der Waals surface area contributed by atoms with Crippen molar-refractivity contribution < 1.29 is 14.3 Å². The van der Waals surface area contributed by atoms with Crippen LogP contribution in [-0.2, 0) is 6.54 Å². The van der Waals surface area contributed by atoms with E-state index in [4.69, 9.17) is 15.2 Å². The van der Waals surface area contributed by atoms with E-state index in [1.165, 1.54) is 5.56 Å². The topological polar surface area (TPSA) is 80.9 Å². The van der Waals surface area contributed by atoms with Crippen LogP contribution in [0.3, 0.4) is 0 Å². The number of nitrogens with two attached hydrogens (primary N) is 1. The summed E-state index contributed by atoms with van der Waals surface area (Å²) in [5.41, 5.74) is 7.78. The first-order chi connectivity index (χ1) is 13.2. The van der Waals surface area contributed by atoms with Gasteiger partial charge in [0.15, 0.2) is 11.9 Å². The second kappa shape index (κ2) is 6.42. The number of urea groups is 1. The van der Waals surface area contributed by atoms with Crippen molar-refractivity contribution in [3.63, 3.8) is 0 Å². The molecule has 1 aromatic carbocycles. The number of hydrogen-bond donors (Lipinski definition) is 1. The van der Waals surface area contributed by atoms with Gasteiger partial charge in [0.05, 0.1) is 0 Å². The Hall–Kier alpha value is -2.80. The molecule has 2 saturated heterocycles. The first-order valence-corrected chi connectivity index (χ1v) is 9.31. The van der Waals surface area contributed by atoms with Gasteiger partial charge in [-0.05, 0) is 29.7 Å². The zero-order valence-electron chi connectivity index (χ0n) is 15.0. The Morgan fingerprint density at radius 2 is 2.04 bits per heavy atom. The smallest absolute Gasteiger partial charge is 0.315 e. The van der Waals surface area contributed by atoms with Gasteiger partial charge < -0.3 is 20.1 Å². The standard InChI is InChI=1S/C20H22N4O3/c21-20(25)24-11-15-8-16(24)10-23(15)9-13-3-5-14(6-4-13)18-12-26-17-2-1-7-22-19(17)27-18/h1-7,15-16,18H,8-12H2,(H2,21,25)/t15-,16-,18?/m0/s1. The first-order valence-electron chi connectivity index (χ1n) is 9.31. The highest BCUT2D eigenvalue weighted by atomic mass is 16.6. The van der Waals surface area contributed by atoms with Crippen LogP contribution in [0.2, 0.25) is 0 Å². The van der Waals surface area contributed by atoms with Gasteiger partial charge in [-0.2, -0.15) is 0 Å². The molecule has 0 radical (unpaired) electrons. The Kier molecular flexibility index (Phi) is 3.89. The lowest BCUT2D eigenvalue weighted by Gasteiger charge is -2.33. The number of primary amides is 1. The molecule has 7 heteroatoms. The molecule has 3 aliphatic rings. The molecule has 1 aromatic heterocycles. The second-order valence-electron chi connectivity index (χ2n) is 7.43. The van der Waals surface area contributed by atoms with E-state index in [1.807, 2.05) is 12.1 Å². The zero-order chi connectivity index (χ0) is 18.4. The molecule has 0 saturated carbocycles. The molecule has 7 nitrogen and oxygen atoms in total. The fraction of sp³-hybridized carbons (Fsp3) is 0.400. The maximum atomic E-state index is 11.4. The van der Waals surface area contributed by atoms with Gasteiger partial charge in [-0.3, -0.25) is 4.90 Å². The highest BCUT2D eigenvalue weighted by molar-refractivity contribution is 5.73. The summed E-state index contributed by atoms with van der Waals surface area (Å²) in [5, 5.41) is 0. The minimum absolute atomic E-state index is 0.145. The Bertz CT molecular complexity index is 857. The molecule has 3 atom stereocenters. The molecule has 2 bridgehead atoms. The largest absolute Gasteiger partial charge is 0.484 e. The van der Waals surface area contributed by atoms with Crippen molar-refractivity contribution in [1.29, 1.82) is 0 Å². The number of amides is 2. The van der Waals surface area contributed by atoms with E-state index in [0.717, 1.165) is 31.6 Å². The highest BCUT2D eigenvalue weighted by Crippen LogP contribution is 2.34. The summed E-state index contributed by atoms with van der Waals surface area (Å²) >= 11 is 0. The summed E-state index contributed by atoms with van der Waals surface area (Å²) in [6, 6.07) is 12.6. The fourth-order valence-electron chi connectivity index (χ4n) is 4.36. The van der Waals surface area contributed by atoms with E-state index in [2.05, 4.69) is 34.1 Å². The molecule has 3 aliphatic heterocycles. The number of rotatable bonds is 3. The van der Waals surface area contributed by atoms with Crippen molar-refractivity contribution in [3.8, 4) is 11.6 Å². The molecule has 0 spiro atoms. The summed E-state index contributed by atoms with van der Waals surface area (Å²) in [6.07, 6.45) is 2.59. The van der Waals surface area contributed by atoms with Gasteiger partial charge in [-0.25, -0.2) is 9.78 Å². The molecular formula is C20H22N4O3. The van der Waals surface area contributed by atoms with E-state index in [9.17, 15) is 4.79 Å². The van der Waals surface area contributed by atoms with Crippen molar-refractivity contribution in [1.82, 2.24) is 14.8 Å². The SMILES string of the molecule is NC(=O)N1C[C@@H]2C[C@H]1CN2Cc1ccc(C2COc3cccnc3O2)cc1. The third-order valence-electron chi connectivity index (χ3n) is 5.75. The molecule has 2 fully saturated rings. The van der Waals surface area contributed by atoms with Crippen LogP contribution in [0, 0.1) is 0 Å². The summed E-state index contributed by atoms with van der Waals surface area (Å²) in [5.74, 6) is 1.24. The number of pyridine rings is 1. The summed E-state index contributed by atoms with van der Waals surface area (Å²) < 4.78 is 11.7. The highest BCUT2D eigenvalue weighted by Gasteiger charge is 2.44. The quantitative estimate of drug-likeness (QED) is 0.898. The number of piperazine rings is 1. The van der Waals surface area contributed by atoms with Crippen LogP contribution in [-0.4, -0.2) is 52.6 Å². The lowest BCUT2D eigenvalue weighted by Crippen LogP contribution is -2.50. The van der Waals surface area contributed by atoms with Crippen LogP contribution in [0.1, 0.15) is 23.7 Å². The Labute approximate surface area is 157 Å². The normalized spacial score (nSPS) is 26.4. The number of carbonyl (C=O) groups is 1. The zero-order valence-corrected chi connectivity index (χ0v) is 15.0. The first kappa shape index (κ1) is 16.4. The lowest BCUT2D eigenvalue weighted by atomic mass is 10.1. The van der Waals surface area contributed by atoms with Gasteiger partial charge in [0.2, 0.25) is 0 Å². The van der Waals surface area contributed by atoms with Crippen LogP contribution < -0.4 is 15.2 Å². The number of likely N-dealkylation sites (tertiary alicyclic amines) is 2. The Morgan fingerprint density at radius 3 is 2.78 bits per heavy atom. The van der Waals surface area contributed by atoms with Gasteiger partial charge in [-0.15, -0.1) is 0 Å². The third-order valence-corrected chi connectivity index (χ3v) is 5.75. The number of ether oxygens (including phenoxy) is 2. The van der Waals surface area contributed by atoms with Gasteiger partial charge in [0, 0.05) is 37.9 Å². The van der Waals surface area contributed by atoms with Gasteiger partial charge >= 0.3 is 6.03 Å². The van der Waals surface area contributed by atoms with Gasteiger partial charge in [-0.1, -0.05) is 24.3 Å². The molecule has 2 aromatic rings. The second-order valence-corrected chi connectivity index (χ2v) is 7.43.